The number of carbonyl (C=O) groups is 1. The lowest BCUT2D eigenvalue weighted by atomic mass is 10.2. The summed E-state index contributed by atoms with van der Waals surface area (Å²) in [5, 5.41) is 0. The van der Waals surface area contributed by atoms with E-state index in [1.165, 1.54) is 10.4 Å². The second-order valence-electron chi connectivity index (χ2n) is 7.27. The molecule has 7 nitrogen and oxygen atoms in total. The van der Waals surface area contributed by atoms with Gasteiger partial charge in [-0.2, -0.15) is 0 Å². The molecule has 4 rings (SSSR count). The number of amides is 1. The third-order valence-corrected chi connectivity index (χ3v) is 7.24. The zero-order valence-electron chi connectivity index (χ0n) is 16.7. The number of para-hydroxylation sites is 3. The molecule has 2 aromatic rings. The van der Waals surface area contributed by atoms with Gasteiger partial charge < -0.3 is 14.5 Å². The third kappa shape index (κ3) is 3.81. The average Bonchev–Trinajstić information content (AvgIpc) is 2.78. The highest BCUT2D eigenvalue weighted by Gasteiger charge is 2.38. The van der Waals surface area contributed by atoms with Crippen molar-refractivity contribution < 1.29 is 22.3 Å². The molecule has 9 heteroatoms. The number of rotatable bonds is 4. The lowest BCUT2D eigenvalue weighted by Gasteiger charge is -2.40. The Balaban J connectivity index is 1.49. The number of hydrogen-bond donors (Lipinski definition) is 0. The van der Waals surface area contributed by atoms with E-state index in [1.807, 2.05) is 4.90 Å². The molecule has 2 aliphatic rings. The first kappa shape index (κ1) is 20.5. The van der Waals surface area contributed by atoms with Crippen molar-refractivity contribution in [3.8, 4) is 5.75 Å². The van der Waals surface area contributed by atoms with E-state index in [1.54, 1.807) is 54.3 Å². The van der Waals surface area contributed by atoms with E-state index >= 15 is 0 Å². The largest absolute Gasteiger partial charge is 0.476 e. The van der Waals surface area contributed by atoms with E-state index in [0.29, 0.717) is 43.3 Å². The van der Waals surface area contributed by atoms with E-state index < -0.39 is 16.1 Å². The van der Waals surface area contributed by atoms with Crippen LogP contribution in [0, 0.1) is 5.82 Å². The normalized spacial score (nSPS) is 19.3. The zero-order chi connectivity index (χ0) is 21.3. The minimum Gasteiger partial charge on any atom is -0.476 e. The first-order valence-corrected chi connectivity index (χ1v) is 11.6. The standard InChI is InChI=1S/C21H24FN3O4S/c1-2-30(27,28)25-15-20(29-19-10-6-5-9-18(19)25)21(26)24-13-11-23(12-14-24)17-8-4-3-7-16(17)22/h3-10,20H,2,11-15H2,1H3/t20-/m1/s1. The van der Waals surface area contributed by atoms with E-state index in [4.69, 9.17) is 4.74 Å². The molecule has 1 atom stereocenters. The van der Waals surface area contributed by atoms with Gasteiger partial charge in [-0.15, -0.1) is 0 Å². The molecule has 2 heterocycles. The fourth-order valence-electron chi connectivity index (χ4n) is 3.83. The minimum atomic E-state index is -3.55. The molecule has 0 aliphatic carbocycles. The maximum atomic E-state index is 14.0. The van der Waals surface area contributed by atoms with Gasteiger partial charge in [-0.1, -0.05) is 24.3 Å². The SMILES string of the molecule is CCS(=O)(=O)N1C[C@H](C(=O)N2CCN(c3ccccc3F)CC2)Oc2ccccc21. The first-order valence-electron chi connectivity index (χ1n) is 9.95. The van der Waals surface area contributed by atoms with Crippen molar-refractivity contribution in [3.05, 3.63) is 54.3 Å². The van der Waals surface area contributed by atoms with Crippen molar-refractivity contribution in [3.63, 3.8) is 0 Å². The number of ether oxygens (including phenoxy) is 1. The highest BCUT2D eigenvalue weighted by atomic mass is 32.2. The molecule has 1 saturated heterocycles. The highest BCUT2D eigenvalue weighted by molar-refractivity contribution is 7.92. The summed E-state index contributed by atoms with van der Waals surface area (Å²) >= 11 is 0. The predicted molar refractivity (Wildman–Crippen MR) is 113 cm³/mol. The fourth-order valence-corrected chi connectivity index (χ4v) is 4.95. The molecule has 0 unspecified atom stereocenters. The second-order valence-corrected chi connectivity index (χ2v) is 9.45. The molecule has 1 fully saturated rings. The Bertz CT molecular complexity index is 1040. The Morgan fingerprint density at radius 2 is 1.67 bits per heavy atom. The smallest absolute Gasteiger partial charge is 0.265 e. The molecule has 30 heavy (non-hydrogen) atoms. The van der Waals surface area contributed by atoms with Gasteiger partial charge in [-0.25, -0.2) is 12.8 Å². The van der Waals surface area contributed by atoms with Crippen LogP contribution in [-0.2, 0) is 14.8 Å². The number of sulfonamides is 1. The lowest BCUT2D eigenvalue weighted by molar-refractivity contribution is -0.138. The zero-order valence-corrected chi connectivity index (χ0v) is 17.5. The van der Waals surface area contributed by atoms with Gasteiger partial charge in [0.05, 0.1) is 23.7 Å². The number of carbonyl (C=O) groups excluding carboxylic acids is 1. The Kier molecular flexibility index (Phi) is 5.55. The summed E-state index contributed by atoms with van der Waals surface area (Å²) in [6.07, 6.45) is -0.916. The van der Waals surface area contributed by atoms with E-state index in [9.17, 15) is 17.6 Å². The van der Waals surface area contributed by atoms with Crippen molar-refractivity contribution in [2.24, 2.45) is 0 Å². The molecule has 1 amide bonds. The number of hydrogen-bond acceptors (Lipinski definition) is 5. The average molecular weight is 434 g/mol. The maximum absolute atomic E-state index is 14.0. The topological polar surface area (TPSA) is 70.2 Å². The van der Waals surface area contributed by atoms with Crippen molar-refractivity contribution in [1.29, 1.82) is 0 Å². The van der Waals surface area contributed by atoms with Crippen molar-refractivity contribution in [1.82, 2.24) is 4.90 Å². The van der Waals surface area contributed by atoms with Gasteiger partial charge in [0.2, 0.25) is 10.0 Å². The molecular formula is C21H24FN3O4S. The van der Waals surface area contributed by atoms with Gasteiger partial charge in [0, 0.05) is 26.2 Å². The highest BCUT2D eigenvalue weighted by Crippen LogP contribution is 2.35. The molecule has 0 N–H and O–H groups in total. The molecule has 2 aliphatic heterocycles. The summed E-state index contributed by atoms with van der Waals surface area (Å²) in [5.74, 6) is -0.230. The third-order valence-electron chi connectivity index (χ3n) is 5.50. The summed E-state index contributed by atoms with van der Waals surface area (Å²) < 4.78 is 46.4. The fraction of sp³-hybridized carbons (Fsp3) is 0.381. The van der Waals surface area contributed by atoms with Gasteiger partial charge in [0.15, 0.2) is 6.10 Å². The molecule has 0 aromatic heterocycles. The van der Waals surface area contributed by atoms with Crippen molar-refractivity contribution in [2.75, 3.05) is 47.7 Å². The van der Waals surface area contributed by atoms with Gasteiger partial charge in [-0.05, 0) is 31.2 Å². The van der Waals surface area contributed by atoms with Crippen LogP contribution < -0.4 is 13.9 Å². The van der Waals surface area contributed by atoms with Crippen LogP contribution in [0.15, 0.2) is 48.5 Å². The van der Waals surface area contributed by atoms with Crippen molar-refractivity contribution in [2.45, 2.75) is 13.0 Å². The number of halogens is 1. The lowest BCUT2D eigenvalue weighted by Crippen LogP contribution is -2.56. The van der Waals surface area contributed by atoms with Gasteiger partial charge in [0.25, 0.3) is 5.91 Å². The Morgan fingerprint density at radius 3 is 2.33 bits per heavy atom. The molecule has 0 spiro atoms. The maximum Gasteiger partial charge on any atom is 0.265 e. The Labute approximate surface area is 175 Å². The van der Waals surface area contributed by atoms with Crippen LogP contribution in [0.1, 0.15) is 6.92 Å². The molecule has 0 saturated carbocycles. The molecule has 0 radical (unpaired) electrons. The molecule has 2 aromatic carbocycles. The summed E-state index contributed by atoms with van der Waals surface area (Å²) in [4.78, 5) is 16.7. The van der Waals surface area contributed by atoms with Crippen LogP contribution in [0.5, 0.6) is 5.75 Å². The van der Waals surface area contributed by atoms with Gasteiger partial charge in [-0.3, -0.25) is 9.10 Å². The molecular weight excluding hydrogens is 409 g/mol. The monoisotopic (exact) mass is 433 g/mol. The Hall–Kier alpha value is -2.81. The van der Waals surface area contributed by atoms with E-state index in [2.05, 4.69) is 0 Å². The number of anilines is 2. The minimum absolute atomic E-state index is 0.0560. The summed E-state index contributed by atoms with van der Waals surface area (Å²) in [7, 11) is -3.55. The number of benzene rings is 2. The summed E-state index contributed by atoms with van der Waals surface area (Å²) in [6.45, 7) is 3.33. The van der Waals surface area contributed by atoms with Crippen LogP contribution >= 0.6 is 0 Å². The first-order chi connectivity index (χ1) is 14.4. The van der Waals surface area contributed by atoms with Crippen LogP contribution in [0.3, 0.4) is 0 Å². The quantitative estimate of drug-likeness (QED) is 0.739. The van der Waals surface area contributed by atoms with Crippen LogP contribution in [-0.4, -0.2) is 63.8 Å². The second kappa shape index (κ2) is 8.14. The molecule has 0 bridgehead atoms. The van der Waals surface area contributed by atoms with Crippen LogP contribution in [0.25, 0.3) is 0 Å². The van der Waals surface area contributed by atoms with Gasteiger partial charge >= 0.3 is 0 Å². The number of fused-ring (bicyclic) bond motifs is 1. The van der Waals surface area contributed by atoms with Crippen LogP contribution in [0.4, 0.5) is 15.8 Å². The predicted octanol–water partition coefficient (Wildman–Crippen LogP) is 2.09. The number of nitrogens with zero attached hydrogens (tertiary/aromatic N) is 3. The molecule has 160 valence electrons. The summed E-state index contributed by atoms with van der Waals surface area (Å²) in [5.41, 5.74) is 0.973. The number of piperazine rings is 1. The van der Waals surface area contributed by atoms with Gasteiger partial charge in [0.1, 0.15) is 11.6 Å². The van der Waals surface area contributed by atoms with E-state index in [-0.39, 0.29) is 24.0 Å². The van der Waals surface area contributed by atoms with E-state index in [0.717, 1.165) is 0 Å². The van der Waals surface area contributed by atoms with Crippen LogP contribution in [0.2, 0.25) is 0 Å². The Morgan fingerprint density at radius 1 is 1.03 bits per heavy atom. The van der Waals surface area contributed by atoms with Crippen molar-refractivity contribution >= 4 is 27.3 Å². The summed E-state index contributed by atoms with van der Waals surface area (Å²) in [6, 6.07) is 13.4.